The van der Waals surface area contributed by atoms with Gasteiger partial charge in [-0.2, -0.15) is 0 Å². The Labute approximate surface area is 219 Å². The molecule has 2 aromatic heterocycles. The van der Waals surface area contributed by atoms with Crippen LogP contribution in [0.3, 0.4) is 0 Å². The van der Waals surface area contributed by atoms with E-state index in [0.29, 0.717) is 22.8 Å². The number of rotatable bonds is 5. The van der Waals surface area contributed by atoms with Crippen LogP contribution in [0.25, 0.3) is 21.5 Å². The molecule has 1 fully saturated rings. The van der Waals surface area contributed by atoms with Gasteiger partial charge in [0.05, 0.1) is 51.1 Å². The predicted octanol–water partition coefficient (Wildman–Crippen LogP) is 3.51. The van der Waals surface area contributed by atoms with Crippen molar-refractivity contribution in [1.82, 2.24) is 20.0 Å². The van der Waals surface area contributed by atoms with Gasteiger partial charge < -0.3 is 20.7 Å². The summed E-state index contributed by atoms with van der Waals surface area (Å²) in [6.45, 7) is 1.19. The van der Waals surface area contributed by atoms with E-state index in [2.05, 4.69) is 25.3 Å². The van der Waals surface area contributed by atoms with Crippen molar-refractivity contribution in [3.8, 4) is 11.3 Å². The number of hydrogen-bond donors (Lipinski definition) is 3. The third-order valence-electron chi connectivity index (χ3n) is 5.95. The van der Waals surface area contributed by atoms with Crippen LogP contribution in [-0.4, -0.2) is 66.8 Å². The smallest absolute Gasteiger partial charge is 0.159 e. The molecule has 0 aliphatic carbocycles. The fourth-order valence-electron chi connectivity index (χ4n) is 4.16. The number of aliphatic imine (C=N–C) groups is 2. The molecule has 0 spiro atoms. The molecular weight excluding hydrogens is 521 g/mol. The number of benzene rings is 2. The van der Waals surface area contributed by atoms with Gasteiger partial charge in [0.15, 0.2) is 5.84 Å². The van der Waals surface area contributed by atoms with E-state index in [-0.39, 0.29) is 17.3 Å². The zero-order chi connectivity index (χ0) is 26.1. The maximum absolute atomic E-state index is 14.0. The third kappa shape index (κ3) is 5.38. The average Bonchev–Trinajstić information content (AvgIpc) is 3.55. The van der Waals surface area contributed by atoms with Gasteiger partial charge in [-0.15, -0.1) is 16.4 Å². The van der Waals surface area contributed by atoms with Crippen LogP contribution in [0, 0.1) is 5.82 Å². The molecule has 192 valence electrons. The number of nitrogens with zero attached hydrogens (tertiary/aromatic N) is 6. The number of aliphatic hydroxyl groups is 2. The van der Waals surface area contributed by atoms with Crippen molar-refractivity contribution in [3.63, 3.8) is 0 Å². The number of thiazole rings is 1. The standard InChI is InChI=1S/C24H23ClFN7O3S/c1-12(27)29-24(30-14-3-5-17-22(7-14)37-11-28-17)20-8-19(23(35)21(10-34)36-20)33-9-18(31-32-33)13-2-4-15(25)16(26)6-13/h2-7,9,11,19-21,23,34-35H,8,10H2,1H3,(H2,27,29,30). The number of hydrogen-bond acceptors (Lipinski definition) is 8. The van der Waals surface area contributed by atoms with Crippen LogP contribution >= 0.6 is 22.9 Å². The number of nitrogens with two attached hydrogens (primary N) is 1. The molecule has 4 atom stereocenters. The lowest BCUT2D eigenvalue weighted by Crippen LogP contribution is -2.50. The van der Waals surface area contributed by atoms with Crippen molar-refractivity contribution in [3.05, 3.63) is 58.9 Å². The Bertz CT molecular complexity index is 1490. The molecule has 4 aromatic rings. The maximum Gasteiger partial charge on any atom is 0.159 e. The average molecular weight is 544 g/mol. The Morgan fingerprint density at radius 2 is 2.16 bits per heavy atom. The van der Waals surface area contributed by atoms with Gasteiger partial charge in [0, 0.05) is 12.0 Å². The molecule has 5 rings (SSSR count). The first kappa shape index (κ1) is 25.4. The van der Waals surface area contributed by atoms with E-state index in [1.54, 1.807) is 24.7 Å². The molecular formula is C24H23ClFN7O3S. The van der Waals surface area contributed by atoms with E-state index in [0.717, 1.165) is 10.2 Å². The highest BCUT2D eigenvalue weighted by Gasteiger charge is 2.41. The van der Waals surface area contributed by atoms with E-state index in [1.807, 2.05) is 18.2 Å². The van der Waals surface area contributed by atoms with E-state index in [4.69, 9.17) is 22.1 Å². The first-order valence-electron chi connectivity index (χ1n) is 11.4. The van der Waals surface area contributed by atoms with Crippen molar-refractivity contribution in [1.29, 1.82) is 0 Å². The largest absolute Gasteiger partial charge is 0.394 e. The number of aliphatic hydroxyl groups excluding tert-OH is 2. The first-order valence-corrected chi connectivity index (χ1v) is 12.6. The molecule has 4 N–H and O–H groups in total. The molecule has 10 nitrogen and oxygen atoms in total. The number of halogens is 2. The molecule has 37 heavy (non-hydrogen) atoms. The monoisotopic (exact) mass is 543 g/mol. The summed E-state index contributed by atoms with van der Waals surface area (Å²) in [7, 11) is 0. The zero-order valence-electron chi connectivity index (χ0n) is 19.6. The predicted molar refractivity (Wildman–Crippen MR) is 140 cm³/mol. The summed E-state index contributed by atoms with van der Waals surface area (Å²) in [6.07, 6.45) is -0.947. The van der Waals surface area contributed by atoms with Gasteiger partial charge in [-0.25, -0.2) is 24.0 Å². The normalized spacial score (nSPS) is 23.1. The summed E-state index contributed by atoms with van der Waals surface area (Å²) in [5.74, 6) is -0.0100. The van der Waals surface area contributed by atoms with Gasteiger partial charge in [-0.3, -0.25) is 0 Å². The van der Waals surface area contributed by atoms with Crippen molar-refractivity contribution in [2.45, 2.75) is 37.7 Å². The highest BCUT2D eigenvalue weighted by molar-refractivity contribution is 7.16. The summed E-state index contributed by atoms with van der Waals surface area (Å²) in [5.41, 5.74) is 10.0. The van der Waals surface area contributed by atoms with Crippen molar-refractivity contribution >= 4 is 50.5 Å². The number of aromatic nitrogens is 4. The molecule has 0 radical (unpaired) electrons. The summed E-state index contributed by atoms with van der Waals surface area (Å²) in [4.78, 5) is 13.4. The van der Waals surface area contributed by atoms with Crippen LogP contribution in [0.2, 0.25) is 5.02 Å². The van der Waals surface area contributed by atoms with Crippen LogP contribution < -0.4 is 5.73 Å². The fraction of sp³-hybridized carbons (Fsp3) is 0.292. The minimum Gasteiger partial charge on any atom is -0.394 e. The lowest BCUT2D eigenvalue weighted by molar-refractivity contribution is -0.137. The highest BCUT2D eigenvalue weighted by Crippen LogP contribution is 2.33. The second-order valence-electron chi connectivity index (χ2n) is 8.58. The maximum atomic E-state index is 14.0. The minimum atomic E-state index is -1.10. The zero-order valence-corrected chi connectivity index (χ0v) is 21.1. The fourth-order valence-corrected chi connectivity index (χ4v) is 4.98. The van der Waals surface area contributed by atoms with E-state index < -0.39 is 36.8 Å². The molecule has 0 bridgehead atoms. The molecule has 1 aliphatic rings. The molecule has 1 aliphatic heterocycles. The SMILES string of the molecule is CC(N)=NC(=Nc1ccc2ncsc2c1)C1CC(n2cc(-c3ccc(Cl)c(F)c3)nn2)C(O)C(CO)O1. The second-order valence-corrected chi connectivity index (χ2v) is 9.87. The number of fused-ring (bicyclic) bond motifs is 1. The van der Waals surface area contributed by atoms with Gasteiger partial charge in [0.2, 0.25) is 0 Å². The Morgan fingerprint density at radius 1 is 1.32 bits per heavy atom. The van der Waals surface area contributed by atoms with Gasteiger partial charge in [-0.05, 0) is 37.3 Å². The van der Waals surface area contributed by atoms with Crippen LogP contribution in [0.1, 0.15) is 19.4 Å². The van der Waals surface area contributed by atoms with E-state index >= 15 is 0 Å². The summed E-state index contributed by atoms with van der Waals surface area (Å²) < 4.78 is 22.4. The molecule has 2 aromatic carbocycles. The molecule has 0 saturated carbocycles. The molecule has 3 heterocycles. The van der Waals surface area contributed by atoms with Crippen LogP contribution in [-0.2, 0) is 4.74 Å². The Hall–Kier alpha value is -3.29. The summed E-state index contributed by atoms with van der Waals surface area (Å²) >= 11 is 7.28. The van der Waals surface area contributed by atoms with Gasteiger partial charge in [0.25, 0.3) is 0 Å². The Morgan fingerprint density at radius 3 is 2.92 bits per heavy atom. The quantitative estimate of drug-likeness (QED) is 0.258. The molecule has 1 saturated heterocycles. The molecule has 0 amide bonds. The molecule has 13 heteroatoms. The summed E-state index contributed by atoms with van der Waals surface area (Å²) in [6, 6.07) is 9.26. The van der Waals surface area contributed by atoms with Gasteiger partial charge in [0.1, 0.15) is 29.8 Å². The Balaban J connectivity index is 1.48. The first-order chi connectivity index (χ1) is 17.8. The van der Waals surface area contributed by atoms with Gasteiger partial charge >= 0.3 is 0 Å². The third-order valence-corrected chi connectivity index (χ3v) is 7.05. The van der Waals surface area contributed by atoms with Crippen LogP contribution in [0.4, 0.5) is 10.1 Å². The van der Waals surface area contributed by atoms with Crippen LogP contribution in [0.5, 0.6) is 0 Å². The lowest BCUT2D eigenvalue weighted by atomic mass is 9.95. The lowest BCUT2D eigenvalue weighted by Gasteiger charge is -2.38. The number of ether oxygens (including phenoxy) is 1. The minimum absolute atomic E-state index is 0.00156. The topological polar surface area (TPSA) is 144 Å². The second kappa shape index (κ2) is 10.6. The van der Waals surface area contributed by atoms with Gasteiger partial charge in [-0.1, -0.05) is 22.9 Å². The van der Waals surface area contributed by atoms with E-state index in [1.165, 1.54) is 28.2 Å². The van der Waals surface area contributed by atoms with Crippen LogP contribution in [0.15, 0.2) is 58.1 Å². The van der Waals surface area contributed by atoms with Crippen molar-refractivity contribution in [2.75, 3.05) is 6.61 Å². The Kier molecular flexibility index (Phi) is 7.26. The molecule has 4 unspecified atom stereocenters. The summed E-state index contributed by atoms with van der Waals surface area (Å²) in [5, 5.41) is 29.2. The van der Waals surface area contributed by atoms with Crippen molar-refractivity contribution in [2.24, 2.45) is 15.7 Å². The van der Waals surface area contributed by atoms with E-state index in [9.17, 15) is 14.6 Å². The number of amidine groups is 2. The highest BCUT2D eigenvalue weighted by atomic mass is 35.5. The van der Waals surface area contributed by atoms with Crippen molar-refractivity contribution < 1.29 is 19.3 Å².